The molecule has 0 unspecified atom stereocenters. The molecular formula is C55H55N3O10. The number of aliphatic hydroxyl groups is 1. The van der Waals surface area contributed by atoms with Crippen LogP contribution in [0.5, 0.6) is 11.5 Å². The summed E-state index contributed by atoms with van der Waals surface area (Å²) in [5, 5.41) is 9.84. The fourth-order valence-electron chi connectivity index (χ4n) is 10.6. The lowest BCUT2D eigenvalue weighted by Gasteiger charge is -2.46. The van der Waals surface area contributed by atoms with Crippen molar-refractivity contribution in [3.8, 4) is 23.3 Å². The van der Waals surface area contributed by atoms with E-state index < -0.39 is 53.5 Å². The zero-order chi connectivity index (χ0) is 47.2. The number of rotatable bonds is 11. The molecule has 0 radical (unpaired) electrons. The van der Waals surface area contributed by atoms with E-state index in [1.165, 1.54) is 7.11 Å². The number of esters is 1. The Balaban J connectivity index is 1.36. The molecule has 0 bridgehead atoms. The number of benzene rings is 5. The molecule has 0 aliphatic carbocycles. The van der Waals surface area contributed by atoms with Crippen molar-refractivity contribution in [2.75, 3.05) is 58.6 Å². The van der Waals surface area contributed by atoms with Crippen molar-refractivity contribution < 1.29 is 48.0 Å². The van der Waals surface area contributed by atoms with Crippen LogP contribution in [0.4, 0.5) is 10.5 Å². The summed E-state index contributed by atoms with van der Waals surface area (Å²) in [6.07, 6.45) is 2.54. The monoisotopic (exact) mass is 917 g/mol. The molecule has 3 saturated heterocycles. The highest BCUT2D eigenvalue weighted by Crippen LogP contribution is 2.66. The van der Waals surface area contributed by atoms with Crippen molar-refractivity contribution in [1.29, 1.82) is 0 Å². The number of nitrogens with zero attached hydrogens (tertiary/aromatic N) is 3. The Labute approximate surface area is 396 Å². The van der Waals surface area contributed by atoms with Gasteiger partial charge in [0.05, 0.1) is 44.0 Å². The normalized spacial score (nSPS) is 23.4. The number of imide groups is 1. The van der Waals surface area contributed by atoms with Crippen LogP contribution in [0.1, 0.15) is 83.7 Å². The first-order valence-electron chi connectivity index (χ1n) is 23.3. The van der Waals surface area contributed by atoms with Gasteiger partial charge >= 0.3 is 12.1 Å². The van der Waals surface area contributed by atoms with Crippen LogP contribution in [0, 0.1) is 17.8 Å². The second kappa shape index (κ2) is 20.5. The van der Waals surface area contributed by atoms with E-state index >= 15 is 14.4 Å². The smallest absolute Gasteiger partial charge is 0.421 e. The summed E-state index contributed by atoms with van der Waals surface area (Å²) in [4.78, 5) is 67.7. The number of likely N-dealkylation sites (tertiary alicyclic amines) is 1. The fourth-order valence-corrected chi connectivity index (χ4v) is 10.6. The Kier molecular flexibility index (Phi) is 13.9. The number of aliphatic hydroxyl groups excluding tert-OH is 1. The van der Waals surface area contributed by atoms with E-state index in [9.17, 15) is 9.90 Å². The van der Waals surface area contributed by atoms with E-state index in [0.717, 1.165) is 48.1 Å². The number of fused-ring (bicyclic) bond motifs is 3. The molecule has 0 saturated carbocycles. The van der Waals surface area contributed by atoms with Crippen LogP contribution < -0.4 is 14.4 Å². The molecule has 3 fully saturated rings. The molecule has 3 amide bonds. The van der Waals surface area contributed by atoms with Crippen molar-refractivity contribution in [1.82, 2.24) is 9.80 Å². The predicted molar refractivity (Wildman–Crippen MR) is 253 cm³/mol. The van der Waals surface area contributed by atoms with Gasteiger partial charge in [-0.1, -0.05) is 104 Å². The van der Waals surface area contributed by atoms with Gasteiger partial charge in [-0.15, -0.1) is 0 Å². The number of methoxy groups -OCH3 is 2. The van der Waals surface area contributed by atoms with Crippen LogP contribution in [0.25, 0.3) is 0 Å². The topological polar surface area (TPSA) is 144 Å². The minimum Gasteiger partial charge on any atom is -0.497 e. The molecule has 0 aromatic heterocycles. The number of hydrogen-bond acceptors (Lipinski definition) is 11. The van der Waals surface area contributed by atoms with Crippen LogP contribution in [-0.4, -0.2) is 98.6 Å². The van der Waals surface area contributed by atoms with Crippen LogP contribution >= 0.6 is 0 Å². The Hall–Kier alpha value is -6.98. The van der Waals surface area contributed by atoms with Crippen LogP contribution in [0.15, 0.2) is 127 Å². The molecule has 4 aliphatic heterocycles. The molecule has 5 aromatic rings. The minimum atomic E-state index is -1.98. The van der Waals surface area contributed by atoms with E-state index in [2.05, 4.69) is 11.8 Å². The van der Waals surface area contributed by atoms with Gasteiger partial charge in [-0.05, 0) is 89.7 Å². The van der Waals surface area contributed by atoms with E-state index in [0.29, 0.717) is 46.8 Å². The van der Waals surface area contributed by atoms with Gasteiger partial charge in [0.2, 0.25) is 11.8 Å². The second-order valence-electron chi connectivity index (χ2n) is 17.5. The van der Waals surface area contributed by atoms with Gasteiger partial charge in [-0.2, -0.15) is 0 Å². The molecule has 9 rings (SSSR count). The van der Waals surface area contributed by atoms with Crippen molar-refractivity contribution in [2.45, 2.75) is 61.7 Å². The SMILES string of the molecule is COCCOC(=O)N1C(=O)[C@@]2(c3cc(C#Cc4ccc(OC)cc4)ccc31)[C@H](c1cccc(OCCO)c1)N1[C@H](c3ccccc3)[C@H](c3ccccc3)OC(=O)[C@H]1[C@@H]2C(=O)N1CCCCCCC1. The maximum Gasteiger partial charge on any atom is 0.421 e. The van der Waals surface area contributed by atoms with Crippen LogP contribution in [-0.2, 0) is 34.0 Å². The molecule has 5 aromatic carbocycles. The van der Waals surface area contributed by atoms with Crippen molar-refractivity contribution in [2.24, 2.45) is 5.92 Å². The van der Waals surface area contributed by atoms with E-state index in [4.69, 9.17) is 23.7 Å². The zero-order valence-electron chi connectivity index (χ0n) is 38.3. The maximum atomic E-state index is 16.5. The minimum absolute atomic E-state index is 0.00416. The largest absolute Gasteiger partial charge is 0.497 e. The van der Waals surface area contributed by atoms with Crippen molar-refractivity contribution in [3.05, 3.63) is 161 Å². The molecule has 350 valence electrons. The summed E-state index contributed by atoms with van der Waals surface area (Å²) >= 11 is 0. The summed E-state index contributed by atoms with van der Waals surface area (Å²) < 4.78 is 29.0. The molecular weight excluding hydrogens is 863 g/mol. The molecule has 13 heteroatoms. The number of ether oxygens (including phenoxy) is 5. The van der Waals surface area contributed by atoms with E-state index in [1.54, 1.807) is 48.4 Å². The summed E-state index contributed by atoms with van der Waals surface area (Å²) in [7, 11) is 3.08. The number of amides is 3. The first kappa shape index (κ1) is 46.1. The van der Waals surface area contributed by atoms with E-state index in [-0.39, 0.29) is 38.0 Å². The van der Waals surface area contributed by atoms with E-state index in [1.807, 2.05) is 95.9 Å². The Morgan fingerprint density at radius 2 is 1.37 bits per heavy atom. The fraction of sp³-hybridized carbons (Fsp3) is 0.345. The number of morpholine rings is 1. The number of hydrogen-bond donors (Lipinski definition) is 1. The average Bonchev–Trinajstić information content (AvgIpc) is 3.82. The third-order valence-corrected chi connectivity index (χ3v) is 13.6. The summed E-state index contributed by atoms with van der Waals surface area (Å²) in [6, 6.07) is 35.6. The quantitative estimate of drug-likeness (QED) is 0.0791. The van der Waals surface area contributed by atoms with Gasteiger partial charge in [0.25, 0.3) is 0 Å². The third kappa shape index (κ3) is 8.60. The van der Waals surface area contributed by atoms with Crippen LogP contribution in [0.2, 0.25) is 0 Å². The Morgan fingerprint density at radius 3 is 2.06 bits per heavy atom. The molecule has 13 nitrogen and oxygen atoms in total. The molecule has 4 aliphatic rings. The van der Waals surface area contributed by atoms with Gasteiger partial charge in [0, 0.05) is 31.3 Å². The third-order valence-electron chi connectivity index (χ3n) is 13.6. The molecule has 6 atom stereocenters. The lowest BCUT2D eigenvalue weighted by molar-refractivity contribution is -0.179. The Bertz CT molecular complexity index is 2680. The summed E-state index contributed by atoms with van der Waals surface area (Å²) in [5.41, 5.74) is 1.83. The molecule has 68 heavy (non-hydrogen) atoms. The second-order valence-corrected chi connectivity index (χ2v) is 17.5. The molecule has 1 N–H and O–H groups in total. The molecule has 1 spiro atoms. The van der Waals surface area contributed by atoms with Crippen LogP contribution in [0.3, 0.4) is 0 Å². The highest BCUT2D eigenvalue weighted by molar-refractivity contribution is 6.23. The number of anilines is 1. The van der Waals surface area contributed by atoms with Gasteiger partial charge in [-0.3, -0.25) is 19.3 Å². The first-order valence-corrected chi connectivity index (χ1v) is 23.3. The number of carbonyl (C=O) groups excluding carboxylic acids is 4. The van der Waals surface area contributed by atoms with Gasteiger partial charge < -0.3 is 33.7 Å². The lowest BCUT2D eigenvalue weighted by atomic mass is 9.64. The number of cyclic esters (lactones) is 1. The maximum absolute atomic E-state index is 16.5. The summed E-state index contributed by atoms with van der Waals surface area (Å²) in [6.45, 7) is 0.530. The van der Waals surface area contributed by atoms with Crippen molar-refractivity contribution >= 4 is 29.6 Å². The van der Waals surface area contributed by atoms with Gasteiger partial charge in [0.15, 0.2) is 0 Å². The molecule has 4 heterocycles. The Morgan fingerprint density at radius 1 is 0.706 bits per heavy atom. The zero-order valence-corrected chi connectivity index (χ0v) is 38.3. The number of carbonyl (C=O) groups is 4. The summed E-state index contributed by atoms with van der Waals surface area (Å²) in [5.74, 6) is 4.40. The van der Waals surface area contributed by atoms with Gasteiger partial charge in [0.1, 0.15) is 42.3 Å². The average molecular weight is 918 g/mol. The lowest BCUT2D eigenvalue weighted by Crippen LogP contribution is -2.56. The standard InChI is InChI=1S/C55H55N3O10/c1-64-33-34-67-54(63)57-45-28-25-38(22-21-37-23-26-42(65-2)27-24-37)35-44(45)55(53(57)62)46(51(60)56-29-12-4-3-5-13-30-56)48-52(61)68-49(40-17-10-7-11-18-40)47(39-15-8-6-9-16-39)58(48)50(55)41-19-14-20-43(36-41)66-32-31-59/h6-11,14-20,23-28,35-36,46-50,59H,3-5,12-13,29-34H2,1-2H3/t46-,47-,48-,49+,50+,55-/m1/s1. The first-order chi connectivity index (χ1) is 33.3. The highest BCUT2D eigenvalue weighted by Gasteiger charge is 2.76. The predicted octanol–water partition coefficient (Wildman–Crippen LogP) is 7.71. The van der Waals surface area contributed by atoms with Crippen molar-refractivity contribution in [3.63, 3.8) is 0 Å². The highest BCUT2D eigenvalue weighted by atomic mass is 16.6. The van der Waals surface area contributed by atoms with Gasteiger partial charge in [-0.25, -0.2) is 9.69 Å².